The van der Waals surface area contributed by atoms with Crippen molar-refractivity contribution in [2.75, 3.05) is 5.32 Å². The molecule has 0 aromatic heterocycles. The van der Waals surface area contributed by atoms with Gasteiger partial charge in [-0.25, -0.2) is 0 Å². The Hall–Kier alpha value is -2.35. The van der Waals surface area contributed by atoms with Gasteiger partial charge in [0.05, 0.1) is 17.1 Å². The van der Waals surface area contributed by atoms with E-state index in [0.717, 1.165) is 17.1 Å². The average molecular weight is 405 g/mol. The van der Waals surface area contributed by atoms with Crippen molar-refractivity contribution in [3.63, 3.8) is 0 Å². The van der Waals surface area contributed by atoms with Crippen LogP contribution in [-0.2, 0) is 0 Å². The first-order valence-electron chi connectivity index (χ1n) is 11.3. The van der Waals surface area contributed by atoms with E-state index in [0.29, 0.717) is 23.7 Å². The molecular formula is C28H40N2. The summed E-state index contributed by atoms with van der Waals surface area (Å²) in [5.74, 6) is 1.72. The summed E-state index contributed by atoms with van der Waals surface area (Å²) < 4.78 is 0. The van der Waals surface area contributed by atoms with Crippen molar-refractivity contribution in [1.29, 1.82) is 0 Å². The van der Waals surface area contributed by atoms with Gasteiger partial charge in [-0.2, -0.15) is 0 Å². The minimum Gasteiger partial charge on any atom is -0.354 e. The van der Waals surface area contributed by atoms with Crippen molar-refractivity contribution < 1.29 is 0 Å². The van der Waals surface area contributed by atoms with E-state index < -0.39 is 0 Å². The molecular weight excluding hydrogens is 364 g/mol. The number of hydrogen-bond acceptors (Lipinski definition) is 2. The zero-order chi connectivity index (χ0) is 22.6. The number of aliphatic imine (C=N–C) groups is 1. The van der Waals surface area contributed by atoms with Crippen LogP contribution in [0.4, 0.5) is 11.4 Å². The molecule has 0 heterocycles. The zero-order valence-corrected chi connectivity index (χ0v) is 20.4. The minimum absolute atomic E-state index is 0.422. The van der Waals surface area contributed by atoms with E-state index in [1.165, 1.54) is 27.9 Å². The highest BCUT2D eigenvalue weighted by atomic mass is 14.9. The summed E-state index contributed by atoms with van der Waals surface area (Å²) in [6.07, 6.45) is 0. The van der Waals surface area contributed by atoms with Gasteiger partial charge in [-0.05, 0) is 52.8 Å². The highest BCUT2D eigenvalue weighted by Crippen LogP contribution is 2.36. The number of hydrogen-bond donors (Lipinski definition) is 1. The summed E-state index contributed by atoms with van der Waals surface area (Å²) >= 11 is 0. The predicted molar refractivity (Wildman–Crippen MR) is 135 cm³/mol. The fourth-order valence-electron chi connectivity index (χ4n) is 3.81. The maximum absolute atomic E-state index is 5.10. The van der Waals surface area contributed by atoms with E-state index in [2.05, 4.69) is 111 Å². The summed E-state index contributed by atoms with van der Waals surface area (Å²) in [4.78, 5) is 5.10. The van der Waals surface area contributed by atoms with Crippen LogP contribution in [0.2, 0.25) is 0 Å². The van der Waals surface area contributed by atoms with Crippen LogP contribution >= 0.6 is 0 Å². The molecule has 0 bridgehead atoms. The van der Waals surface area contributed by atoms with Gasteiger partial charge in [-0.15, -0.1) is 0 Å². The molecule has 30 heavy (non-hydrogen) atoms. The van der Waals surface area contributed by atoms with E-state index in [9.17, 15) is 0 Å². The number of anilines is 1. The van der Waals surface area contributed by atoms with E-state index >= 15 is 0 Å². The summed E-state index contributed by atoms with van der Waals surface area (Å²) in [6, 6.07) is 13.1. The molecule has 0 unspecified atom stereocenters. The lowest BCUT2D eigenvalue weighted by molar-refractivity contribution is 0.834. The average Bonchev–Trinajstić information content (AvgIpc) is 2.67. The standard InChI is InChI=1S/C28H40N2/c1-17(2)23-13-11-14-24(18(3)4)27(23)29-21(9)22(10)30-28-25(19(5)6)15-12-16-26(28)20(7)8/h11-20,29H,9H2,1-8,10H3. The van der Waals surface area contributed by atoms with Gasteiger partial charge in [0, 0.05) is 5.69 Å². The number of nitrogens with zero attached hydrogens (tertiary/aromatic N) is 1. The Balaban J connectivity index is 2.49. The summed E-state index contributed by atoms with van der Waals surface area (Å²) in [5.41, 5.74) is 9.29. The van der Waals surface area contributed by atoms with Crippen LogP contribution in [0.15, 0.2) is 53.7 Å². The van der Waals surface area contributed by atoms with Crippen LogP contribution in [-0.4, -0.2) is 5.71 Å². The Bertz CT molecular complexity index is 862. The Morgan fingerprint density at radius 1 is 0.700 bits per heavy atom. The van der Waals surface area contributed by atoms with Gasteiger partial charge < -0.3 is 5.32 Å². The maximum atomic E-state index is 5.10. The molecule has 2 rings (SSSR count). The van der Waals surface area contributed by atoms with Crippen molar-refractivity contribution in [3.05, 3.63) is 70.9 Å². The fourth-order valence-corrected chi connectivity index (χ4v) is 3.81. The molecule has 2 aromatic carbocycles. The van der Waals surface area contributed by atoms with Crippen molar-refractivity contribution in [3.8, 4) is 0 Å². The van der Waals surface area contributed by atoms with E-state index in [-0.39, 0.29) is 0 Å². The maximum Gasteiger partial charge on any atom is 0.0702 e. The molecule has 0 saturated carbocycles. The highest BCUT2D eigenvalue weighted by Gasteiger charge is 2.17. The third kappa shape index (κ3) is 5.41. The zero-order valence-electron chi connectivity index (χ0n) is 20.4. The van der Waals surface area contributed by atoms with Crippen LogP contribution < -0.4 is 5.32 Å². The molecule has 162 valence electrons. The largest absolute Gasteiger partial charge is 0.354 e. The van der Waals surface area contributed by atoms with Gasteiger partial charge in [0.1, 0.15) is 0 Å². The van der Waals surface area contributed by atoms with E-state index in [4.69, 9.17) is 4.99 Å². The Labute approximate surface area is 184 Å². The first-order valence-corrected chi connectivity index (χ1v) is 11.3. The lowest BCUT2D eigenvalue weighted by atomic mass is 9.92. The molecule has 0 amide bonds. The fraction of sp³-hybridized carbons (Fsp3) is 0.464. The molecule has 0 aliphatic heterocycles. The molecule has 0 spiro atoms. The van der Waals surface area contributed by atoms with Crippen LogP contribution in [0.3, 0.4) is 0 Å². The smallest absolute Gasteiger partial charge is 0.0702 e. The van der Waals surface area contributed by atoms with Gasteiger partial charge in [0.15, 0.2) is 0 Å². The van der Waals surface area contributed by atoms with Gasteiger partial charge in [-0.3, -0.25) is 4.99 Å². The van der Waals surface area contributed by atoms with Gasteiger partial charge >= 0.3 is 0 Å². The van der Waals surface area contributed by atoms with Crippen LogP contribution in [0, 0.1) is 0 Å². The molecule has 1 N–H and O–H groups in total. The third-order valence-corrected chi connectivity index (χ3v) is 5.71. The number of benzene rings is 2. The quantitative estimate of drug-likeness (QED) is 0.436. The Kier molecular flexibility index (Phi) is 8.06. The molecule has 0 fully saturated rings. The Morgan fingerprint density at radius 2 is 1.07 bits per heavy atom. The lowest BCUT2D eigenvalue weighted by Gasteiger charge is -2.22. The summed E-state index contributed by atoms with van der Waals surface area (Å²) in [5, 5.41) is 3.63. The van der Waals surface area contributed by atoms with Crippen LogP contribution in [0.25, 0.3) is 0 Å². The second-order valence-corrected chi connectivity index (χ2v) is 9.52. The second kappa shape index (κ2) is 10.1. The topological polar surface area (TPSA) is 24.4 Å². The van der Waals surface area contributed by atoms with Crippen molar-refractivity contribution in [1.82, 2.24) is 0 Å². The normalized spacial score (nSPS) is 12.4. The first-order chi connectivity index (χ1) is 14.0. The minimum atomic E-state index is 0.422. The van der Waals surface area contributed by atoms with Crippen LogP contribution in [0.5, 0.6) is 0 Å². The molecule has 2 aromatic rings. The van der Waals surface area contributed by atoms with Gasteiger partial charge in [-0.1, -0.05) is 98.4 Å². The number of allylic oxidation sites excluding steroid dienone is 1. The van der Waals surface area contributed by atoms with Crippen molar-refractivity contribution in [2.24, 2.45) is 4.99 Å². The van der Waals surface area contributed by atoms with Crippen molar-refractivity contribution >= 4 is 17.1 Å². The summed E-state index contributed by atoms with van der Waals surface area (Å²) in [6.45, 7) is 24.3. The van der Waals surface area contributed by atoms with Gasteiger partial charge in [0.2, 0.25) is 0 Å². The third-order valence-electron chi connectivity index (χ3n) is 5.71. The lowest BCUT2D eigenvalue weighted by Crippen LogP contribution is -2.12. The molecule has 2 nitrogen and oxygen atoms in total. The number of rotatable bonds is 8. The van der Waals surface area contributed by atoms with E-state index in [1.54, 1.807) is 0 Å². The first kappa shape index (κ1) is 23.9. The molecule has 0 saturated heterocycles. The van der Waals surface area contributed by atoms with E-state index in [1.807, 2.05) is 0 Å². The number of nitrogens with one attached hydrogen (secondary N) is 1. The SMILES string of the molecule is C=C(Nc1c(C(C)C)cccc1C(C)C)C(C)=Nc1c(C(C)C)cccc1C(C)C. The molecule has 0 radical (unpaired) electrons. The van der Waals surface area contributed by atoms with Crippen molar-refractivity contribution in [2.45, 2.75) is 86.0 Å². The predicted octanol–water partition coefficient (Wildman–Crippen LogP) is 8.90. The Morgan fingerprint density at radius 3 is 1.43 bits per heavy atom. The van der Waals surface area contributed by atoms with Gasteiger partial charge in [0.25, 0.3) is 0 Å². The number of para-hydroxylation sites is 2. The molecule has 0 aliphatic carbocycles. The molecule has 0 aliphatic rings. The monoisotopic (exact) mass is 404 g/mol. The second-order valence-electron chi connectivity index (χ2n) is 9.52. The molecule has 2 heteroatoms. The highest BCUT2D eigenvalue weighted by molar-refractivity contribution is 6.02. The van der Waals surface area contributed by atoms with Crippen LogP contribution in [0.1, 0.15) is 108 Å². The molecule has 0 atom stereocenters. The summed E-state index contributed by atoms with van der Waals surface area (Å²) in [7, 11) is 0.